The number of benzene rings is 1. The molecule has 0 saturated heterocycles. The van der Waals surface area contributed by atoms with E-state index in [0.717, 1.165) is 0 Å². The molecule has 0 saturated carbocycles. The Kier molecular flexibility index (Phi) is 3.21. The van der Waals surface area contributed by atoms with E-state index in [2.05, 4.69) is 31.2 Å². The first-order valence-corrected chi connectivity index (χ1v) is 5.41. The van der Waals surface area contributed by atoms with Gasteiger partial charge in [0.1, 0.15) is 18.4 Å². The van der Waals surface area contributed by atoms with Crippen molar-refractivity contribution in [1.82, 2.24) is 14.9 Å². The first kappa shape index (κ1) is 11.1. The number of rotatable bonds is 2. The smallest absolute Gasteiger partial charge is 0.141 e. The van der Waals surface area contributed by atoms with Crippen LogP contribution in [-0.4, -0.2) is 26.2 Å². The minimum absolute atomic E-state index is 0.0845. The van der Waals surface area contributed by atoms with Crippen LogP contribution >= 0.6 is 27.5 Å². The van der Waals surface area contributed by atoms with Crippen molar-refractivity contribution in [3.8, 4) is 5.75 Å². The van der Waals surface area contributed by atoms with Crippen LogP contribution in [0.3, 0.4) is 0 Å². The zero-order valence-electron chi connectivity index (χ0n) is 7.88. The fourth-order valence-electron chi connectivity index (χ4n) is 1.07. The summed E-state index contributed by atoms with van der Waals surface area (Å²) in [5.74, 6) is 0.0845. The molecule has 1 aromatic carbocycles. The number of nitrogens with zero attached hydrogens (tertiary/aromatic N) is 4. The van der Waals surface area contributed by atoms with Gasteiger partial charge < -0.3 is 5.11 Å². The molecular formula is C9H6BrClN4O. The molecule has 5 nitrogen and oxygen atoms in total. The Balaban J connectivity index is 2.34. The molecule has 0 spiro atoms. The predicted octanol–water partition coefficient (Wildman–Crippen LogP) is 2.28. The second kappa shape index (κ2) is 4.63. The molecule has 16 heavy (non-hydrogen) atoms. The van der Waals surface area contributed by atoms with Gasteiger partial charge in [-0.3, -0.25) is 0 Å². The molecule has 0 atom stereocenters. The highest BCUT2D eigenvalue weighted by Gasteiger charge is 2.05. The Bertz CT molecular complexity index is 527. The third kappa shape index (κ3) is 2.40. The third-order valence-corrected chi connectivity index (χ3v) is 2.62. The molecule has 2 rings (SSSR count). The van der Waals surface area contributed by atoms with E-state index in [1.807, 2.05) is 0 Å². The quantitative estimate of drug-likeness (QED) is 0.866. The van der Waals surface area contributed by atoms with Gasteiger partial charge in [-0.25, -0.2) is 4.68 Å². The highest BCUT2D eigenvalue weighted by Crippen LogP contribution is 2.30. The molecule has 1 heterocycles. The summed E-state index contributed by atoms with van der Waals surface area (Å²) in [6.07, 6.45) is 4.34. The maximum atomic E-state index is 9.71. The van der Waals surface area contributed by atoms with Gasteiger partial charge in [0.2, 0.25) is 0 Å². The van der Waals surface area contributed by atoms with Gasteiger partial charge in [-0.1, -0.05) is 11.6 Å². The maximum absolute atomic E-state index is 9.71. The van der Waals surface area contributed by atoms with E-state index >= 15 is 0 Å². The lowest BCUT2D eigenvalue weighted by Gasteiger charge is -2.02. The van der Waals surface area contributed by atoms with Crippen LogP contribution in [0.5, 0.6) is 5.75 Å². The minimum atomic E-state index is 0.0845. The van der Waals surface area contributed by atoms with Crippen LogP contribution < -0.4 is 0 Å². The number of aromatic hydroxyl groups is 1. The highest BCUT2D eigenvalue weighted by molar-refractivity contribution is 9.10. The topological polar surface area (TPSA) is 63.3 Å². The molecule has 0 aliphatic rings. The van der Waals surface area contributed by atoms with Gasteiger partial charge in [0, 0.05) is 10.6 Å². The zero-order chi connectivity index (χ0) is 11.5. The lowest BCUT2D eigenvalue weighted by Crippen LogP contribution is -1.89. The van der Waals surface area contributed by atoms with Crippen molar-refractivity contribution in [3.05, 3.63) is 39.8 Å². The predicted molar refractivity (Wildman–Crippen MR) is 63.8 cm³/mol. The van der Waals surface area contributed by atoms with Gasteiger partial charge in [0.25, 0.3) is 0 Å². The average Bonchev–Trinajstić information content (AvgIpc) is 2.74. The molecule has 2 aromatic rings. The second-order valence-electron chi connectivity index (χ2n) is 2.91. The van der Waals surface area contributed by atoms with Crippen LogP contribution in [0.25, 0.3) is 0 Å². The van der Waals surface area contributed by atoms with Gasteiger partial charge >= 0.3 is 0 Å². The summed E-state index contributed by atoms with van der Waals surface area (Å²) in [5, 5.41) is 21.4. The lowest BCUT2D eigenvalue weighted by molar-refractivity contribution is 0.471. The summed E-state index contributed by atoms with van der Waals surface area (Å²) < 4.78 is 1.93. The standard InChI is InChI=1S/C9H6BrClN4O/c10-8-2-7(11)1-6(9(8)16)3-14-15-4-12-13-5-15/h1-5,16H. The molecule has 0 bridgehead atoms. The lowest BCUT2D eigenvalue weighted by atomic mass is 10.2. The maximum Gasteiger partial charge on any atom is 0.141 e. The molecule has 7 heteroatoms. The minimum Gasteiger partial charge on any atom is -0.506 e. The van der Waals surface area contributed by atoms with Crippen molar-refractivity contribution in [2.75, 3.05) is 0 Å². The number of phenols is 1. The Morgan fingerprint density at radius 2 is 2.06 bits per heavy atom. The van der Waals surface area contributed by atoms with E-state index in [4.69, 9.17) is 11.6 Å². The van der Waals surface area contributed by atoms with Crippen LogP contribution in [0, 0.1) is 0 Å². The van der Waals surface area contributed by atoms with Gasteiger partial charge in [-0.2, -0.15) is 5.10 Å². The first-order valence-electron chi connectivity index (χ1n) is 4.24. The number of hydrogen-bond donors (Lipinski definition) is 1. The van der Waals surface area contributed by atoms with E-state index in [0.29, 0.717) is 15.1 Å². The molecule has 0 aliphatic carbocycles. The van der Waals surface area contributed by atoms with Gasteiger partial charge in [-0.05, 0) is 28.1 Å². The fourth-order valence-corrected chi connectivity index (χ4v) is 1.90. The Labute approximate surface area is 105 Å². The molecular weight excluding hydrogens is 295 g/mol. The van der Waals surface area contributed by atoms with E-state index in [9.17, 15) is 5.11 Å². The van der Waals surface area contributed by atoms with Crippen molar-refractivity contribution >= 4 is 33.7 Å². The molecule has 0 radical (unpaired) electrons. The highest BCUT2D eigenvalue weighted by atomic mass is 79.9. The van der Waals surface area contributed by atoms with Crippen LogP contribution in [0.4, 0.5) is 0 Å². The molecule has 0 amide bonds. The Morgan fingerprint density at radius 1 is 1.38 bits per heavy atom. The summed E-state index contributed by atoms with van der Waals surface area (Å²) in [7, 11) is 0. The molecule has 1 N–H and O–H groups in total. The first-order chi connectivity index (χ1) is 7.66. The summed E-state index contributed by atoms with van der Waals surface area (Å²) in [6, 6.07) is 3.21. The van der Waals surface area contributed by atoms with Gasteiger partial charge in [-0.15, -0.1) is 10.2 Å². The fraction of sp³-hybridized carbons (Fsp3) is 0. The SMILES string of the molecule is Oc1c(Br)cc(Cl)cc1C=Nn1cnnc1. The summed E-state index contributed by atoms with van der Waals surface area (Å²) >= 11 is 9.04. The van der Waals surface area contributed by atoms with Gasteiger partial charge in [0.15, 0.2) is 0 Å². The number of hydrogen-bond acceptors (Lipinski definition) is 4. The second-order valence-corrected chi connectivity index (χ2v) is 4.20. The summed E-state index contributed by atoms with van der Waals surface area (Å²) in [6.45, 7) is 0. The van der Waals surface area contributed by atoms with Crippen LogP contribution in [0.1, 0.15) is 5.56 Å². The van der Waals surface area contributed by atoms with Crippen LogP contribution in [-0.2, 0) is 0 Å². The van der Waals surface area contributed by atoms with Crippen LogP contribution in [0.2, 0.25) is 5.02 Å². The van der Waals surface area contributed by atoms with Crippen molar-refractivity contribution in [3.63, 3.8) is 0 Å². The van der Waals surface area contributed by atoms with E-state index in [1.165, 1.54) is 23.5 Å². The summed E-state index contributed by atoms with van der Waals surface area (Å²) in [4.78, 5) is 0. The number of halogens is 2. The average molecular weight is 302 g/mol. The van der Waals surface area contributed by atoms with Crippen molar-refractivity contribution < 1.29 is 5.11 Å². The normalized spacial score (nSPS) is 11.1. The molecule has 0 fully saturated rings. The van der Waals surface area contributed by atoms with Crippen molar-refractivity contribution in [2.45, 2.75) is 0 Å². The molecule has 1 aromatic heterocycles. The molecule has 0 unspecified atom stereocenters. The monoisotopic (exact) mass is 300 g/mol. The zero-order valence-corrected chi connectivity index (χ0v) is 10.2. The number of phenolic OH excluding ortho intramolecular Hbond substituents is 1. The van der Waals surface area contributed by atoms with Crippen molar-refractivity contribution in [2.24, 2.45) is 5.10 Å². The number of aromatic nitrogens is 3. The Morgan fingerprint density at radius 3 is 2.75 bits per heavy atom. The molecule has 0 aliphatic heterocycles. The summed E-state index contributed by atoms with van der Waals surface area (Å²) in [5.41, 5.74) is 0.507. The van der Waals surface area contributed by atoms with Crippen molar-refractivity contribution in [1.29, 1.82) is 0 Å². The molecule has 82 valence electrons. The van der Waals surface area contributed by atoms with E-state index < -0.39 is 0 Å². The van der Waals surface area contributed by atoms with E-state index in [-0.39, 0.29) is 5.75 Å². The van der Waals surface area contributed by atoms with Gasteiger partial charge in [0.05, 0.1) is 10.7 Å². The Hall–Kier alpha value is -1.40. The van der Waals surface area contributed by atoms with E-state index in [1.54, 1.807) is 12.1 Å². The third-order valence-electron chi connectivity index (χ3n) is 1.79. The largest absolute Gasteiger partial charge is 0.506 e. The van der Waals surface area contributed by atoms with Crippen LogP contribution in [0.15, 0.2) is 34.4 Å².